The van der Waals surface area contributed by atoms with Gasteiger partial charge in [0.25, 0.3) is 0 Å². The van der Waals surface area contributed by atoms with Gasteiger partial charge in [-0.1, -0.05) is 17.7 Å². The van der Waals surface area contributed by atoms with Crippen LogP contribution in [-0.2, 0) is 24.1 Å². The Hall–Kier alpha value is -1.96. The van der Waals surface area contributed by atoms with Crippen LogP contribution in [0.4, 0.5) is 4.39 Å². The number of hydrogen-bond acceptors (Lipinski definition) is 4. The summed E-state index contributed by atoms with van der Waals surface area (Å²) in [5.74, 6) is 0.0795. The van der Waals surface area contributed by atoms with E-state index in [4.69, 9.17) is 16.3 Å². The summed E-state index contributed by atoms with van der Waals surface area (Å²) in [6, 6.07) is 10.9. The summed E-state index contributed by atoms with van der Waals surface area (Å²) in [5, 5.41) is 0.466. The summed E-state index contributed by atoms with van der Waals surface area (Å²) in [6.45, 7) is 2.33. The normalized spacial score (nSPS) is 25.4. The smallest absolute Gasteiger partial charge is 0.223 e. The van der Waals surface area contributed by atoms with Gasteiger partial charge in [-0.25, -0.2) is 12.8 Å². The first kappa shape index (κ1) is 24.7. The van der Waals surface area contributed by atoms with Crippen LogP contribution in [0.2, 0.25) is 5.02 Å². The molecule has 0 spiro atoms. The average Bonchev–Trinajstić information content (AvgIpc) is 3.71. The maximum absolute atomic E-state index is 14.6. The molecule has 5 nitrogen and oxygen atoms in total. The molecule has 0 radical (unpaired) electrons. The van der Waals surface area contributed by atoms with E-state index in [0.717, 1.165) is 18.4 Å². The lowest BCUT2D eigenvalue weighted by molar-refractivity contribution is -0.136. The van der Waals surface area contributed by atoms with E-state index in [9.17, 15) is 17.6 Å². The summed E-state index contributed by atoms with van der Waals surface area (Å²) in [5.41, 5.74) is 1.56. The number of sulfone groups is 1. The first-order valence-corrected chi connectivity index (χ1v) is 14.3. The third-order valence-corrected chi connectivity index (χ3v) is 10.7. The molecule has 2 aromatic carbocycles. The molecule has 5 rings (SSSR count). The number of halogens is 2. The van der Waals surface area contributed by atoms with Crippen molar-refractivity contribution in [2.45, 2.75) is 60.5 Å². The van der Waals surface area contributed by atoms with Gasteiger partial charge < -0.3 is 9.64 Å². The summed E-state index contributed by atoms with van der Waals surface area (Å²) in [7, 11) is -3.85. The summed E-state index contributed by atoms with van der Waals surface area (Å²) in [4.78, 5) is 14.9. The molecule has 0 unspecified atom stereocenters. The molecular formula is C27H31ClFNO4S. The Morgan fingerprint density at radius 3 is 2.31 bits per heavy atom. The molecule has 3 aliphatic rings. The molecule has 1 heterocycles. The van der Waals surface area contributed by atoms with Gasteiger partial charge in [-0.3, -0.25) is 4.79 Å². The number of morpholine rings is 1. The minimum absolute atomic E-state index is 0.107. The predicted octanol–water partition coefficient (Wildman–Crippen LogP) is 5.46. The third kappa shape index (κ3) is 4.87. The molecule has 0 bridgehead atoms. The van der Waals surface area contributed by atoms with Crippen LogP contribution in [0.15, 0.2) is 47.4 Å². The van der Waals surface area contributed by atoms with Gasteiger partial charge in [0.05, 0.1) is 18.1 Å². The first-order chi connectivity index (χ1) is 16.8. The fraction of sp³-hybridized carbons (Fsp3) is 0.519. The second-order valence-electron chi connectivity index (χ2n) is 10.1. The lowest BCUT2D eigenvalue weighted by atomic mass is 9.75. The van der Waals surface area contributed by atoms with Crippen molar-refractivity contribution in [3.8, 4) is 0 Å². The number of hydrogen-bond donors (Lipinski definition) is 0. The van der Waals surface area contributed by atoms with Gasteiger partial charge in [0.1, 0.15) is 10.6 Å². The zero-order chi connectivity index (χ0) is 24.6. The van der Waals surface area contributed by atoms with Gasteiger partial charge in [0.15, 0.2) is 9.84 Å². The highest BCUT2D eigenvalue weighted by Crippen LogP contribution is 2.53. The highest BCUT2D eigenvalue weighted by atomic mass is 35.5. The lowest BCUT2D eigenvalue weighted by Gasteiger charge is -2.41. The predicted molar refractivity (Wildman–Crippen MR) is 133 cm³/mol. The Kier molecular flexibility index (Phi) is 6.94. The zero-order valence-corrected chi connectivity index (χ0v) is 21.3. The molecule has 0 aromatic heterocycles. The number of benzene rings is 2. The van der Waals surface area contributed by atoms with E-state index in [2.05, 4.69) is 0 Å². The van der Waals surface area contributed by atoms with E-state index in [1.54, 1.807) is 30.3 Å². The van der Waals surface area contributed by atoms with Crippen LogP contribution >= 0.6 is 11.6 Å². The van der Waals surface area contributed by atoms with Crippen LogP contribution in [0.1, 0.15) is 62.0 Å². The summed E-state index contributed by atoms with van der Waals surface area (Å²) in [6.07, 6.45) is 4.33. The molecule has 3 fully saturated rings. The molecule has 8 heteroatoms. The number of amides is 1. The van der Waals surface area contributed by atoms with E-state index >= 15 is 0 Å². The van der Waals surface area contributed by atoms with Crippen LogP contribution in [0.3, 0.4) is 0 Å². The standard InChI is InChI=1S/C27H31ClFNO4S/c28-21-3-6-23(7-4-21)35(32,33)27(25-18-22(29)5-8-24(25)20-1-2-20)11-9-19(10-12-27)17-26(31)30-13-15-34-16-14-30/h3-8,18-20H,1-2,9-17H2. The molecule has 2 aromatic rings. The fourth-order valence-electron chi connectivity index (χ4n) is 5.73. The van der Waals surface area contributed by atoms with E-state index in [-0.39, 0.29) is 22.6 Å². The topological polar surface area (TPSA) is 63.7 Å². The molecule has 0 N–H and O–H groups in total. The number of ether oxygens (including phenoxy) is 1. The van der Waals surface area contributed by atoms with Crippen molar-refractivity contribution >= 4 is 27.3 Å². The Morgan fingerprint density at radius 2 is 1.69 bits per heavy atom. The Balaban J connectivity index is 1.47. The van der Waals surface area contributed by atoms with Crippen LogP contribution in [-0.4, -0.2) is 45.5 Å². The fourth-order valence-corrected chi connectivity index (χ4v) is 8.04. The van der Waals surface area contributed by atoms with Crippen LogP contribution in [0.5, 0.6) is 0 Å². The molecule has 35 heavy (non-hydrogen) atoms. The molecule has 1 amide bonds. The largest absolute Gasteiger partial charge is 0.378 e. The monoisotopic (exact) mass is 519 g/mol. The van der Waals surface area contributed by atoms with Crippen molar-refractivity contribution < 1.29 is 22.3 Å². The Labute approximate surface area is 211 Å². The minimum atomic E-state index is -3.85. The van der Waals surface area contributed by atoms with Gasteiger partial charge in [0, 0.05) is 24.5 Å². The molecular weight excluding hydrogens is 489 g/mol. The zero-order valence-electron chi connectivity index (χ0n) is 19.7. The van der Waals surface area contributed by atoms with Gasteiger partial charge in [0.2, 0.25) is 5.91 Å². The Morgan fingerprint density at radius 1 is 1.03 bits per heavy atom. The number of nitrogens with zero attached hydrogens (tertiary/aromatic N) is 1. The quantitative estimate of drug-likeness (QED) is 0.508. The third-order valence-electron chi connectivity index (χ3n) is 7.90. The van der Waals surface area contributed by atoms with Crippen molar-refractivity contribution in [2.24, 2.45) is 5.92 Å². The maximum atomic E-state index is 14.6. The first-order valence-electron chi connectivity index (χ1n) is 12.5. The van der Waals surface area contributed by atoms with Crippen molar-refractivity contribution in [3.05, 3.63) is 64.4 Å². The second kappa shape index (κ2) is 9.83. The van der Waals surface area contributed by atoms with E-state index < -0.39 is 20.4 Å². The van der Waals surface area contributed by atoms with Gasteiger partial charge in [-0.05, 0) is 97.9 Å². The summed E-state index contributed by atoms with van der Waals surface area (Å²) < 4.78 is 47.2. The Bertz CT molecular complexity index is 1180. The molecule has 188 valence electrons. The van der Waals surface area contributed by atoms with Crippen LogP contribution in [0, 0.1) is 11.7 Å². The minimum Gasteiger partial charge on any atom is -0.378 e. The van der Waals surface area contributed by atoms with E-state index in [0.29, 0.717) is 69.0 Å². The SMILES string of the molecule is O=C(CC1CCC(c2cc(F)ccc2C2CC2)(S(=O)(=O)c2ccc(Cl)cc2)CC1)N1CCOCC1. The van der Waals surface area contributed by atoms with Gasteiger partial charge >= 0.3 is 0 Å². The number of carbonyl (C=O) groups is 1. The molecule has 1 aliphatic heterocycles. The number of rotatable bonds is 6. The van der Waals surface area contributed by atoms with Crippen molar-refractivity contribution in [1.29, 1.82) is 0 Å². The highest BCUT2D eigenvalue weighted by molar-refractivity contribution is 7.92. The van der Waals surface area contributed by atoms with Crippen molar-refractivity contribution in [3.63, 3.8) is 0 Å². The summed E-state index contributed by atoms with van der Waals surface area (Å²) >= 11 is 6.04. The molecule has 1 saturated heterocycles. The highest BCUT2D eigenvalue weighted by Gasteiger charge is 2.50. The van der Waals surface area contributed by atoms with Gasteiger partial charge in [-0.2, -0.15) is 0 Å². The molecule has 2 saturated carbocycles. The van der Waals surface area contributed by atoms with Crippen LogP contribution < -0.4 is 0 Å². The van der Waals surface area contributed by atoms with E-state index in [1.807, 2.05) is 4.90 Å². The maximum Gasteiger partial charge on any atom is 0.223 e. The van der Waals surface area contributed by atoms with Crippen LogP contribution in [0.25, 0.3) is 0 Å². The van der Waals surface area contributed by atoms with E-state index in [1.165, 1.54) is 12.1 Å². The molecule has 0 atom stereocenters. The molecule has 2 aliphatic carbocycles. The average molecular weight is 520 g/mol. The lowest BCUT2D eigenvalue weighted by Crippen LogP contribution is -2.43. The second-order valence-corrected chi connectivity index (χ2v) is 12.8. The van der Waals surface area contributed by atoms with Gasteiger partial charge in [-0.15, -0.1) is 0 Å². The van der Waals surface area contributed by atoms with Crippen molar-refractivity contribution in [2.75, 3.05) is 26.3 Å². The van der Waals surface area contributed by atoms with Crippen molar-refractivity contribution in [1.82, 2.24) is 4.90 Å². The number of carbonyl (C=O) groups excluding carboxylic acids is 1.